The maximum atomic E-state index is 11.5. The van der Waals surface area contributed by atoms with Crippen molar-refractivity contribution in [2.75, 3.05) is 7.11 Å². The lowest BCUT2D eigenvalue weighted by molar-refractivity contribution is 0.0593. The molecule has 2 aromatic rings. The first-order chi connectivity index (χ1) is 8.24. The Labute approximate surface area is 98.3 Å². The Morgan fingerprint density at radius 3 is 2.88 bits per heavy atom. The van der Waals surface area contributed by atoms with Crippen LogP contribution in [0, 0.1) is 0 Å². The van der Waals surface area contributed by atoms with Gasteiger partial charge in [-0.05, 0) is 12.5 Å². The van der Waals surface area contributed by atoms with Crippen molar-refractivity contribution in [3.05, 3.63) is 36.2 Å². The van der Waals surface area contributed by atoms with Crippen LogP contribution in [0.3, 0.4) is 0 Å². The molecule has 2 aromatic heterocycles. The summed E-state index contributed by atoms with van der Waals surface area (Å²) in [5.74, 6) is -0.0503. The third-order valence-electron chi connectivity index (χ3n) is 2.26. The topological polar surface area (TPSA) is 69.9 Å². The van der Waals surface area contributed by atoms with Crippen LogP contribution in [0.15, 0.2) is 24.8 Å². The van der Waals surface area contributed by atoms with Crippen LogP contribution in [0.1, 0.15) is 23.1 Å². The predicted molar refractivity (Wildman–Crippen MR) is 59.9 cm³/mol. The van der Waals surface area contributed by atoms with Crippen LogP contribution in [0.2, 0.25) is 0 Å². The van der Waals surface area contributed by atoms with Gasteiger partial charge in [-0.1, -0.05) is 6.92 Å². The summed E-state index contributed by atoms with van der Waals surface area (Å²) < 4.78 is 6.30. The number of nitrogens with zero attached hydrogens (tertiary/aromatic N) is 4. The number of imidazole rings is 1. The van der Waals surface area contributed by atoms with Crippen LogP contribution in [0.4, 0.5) is 0 Å². The average Bonchev–Trinajstić information content (AvgIpc) is 2.91. The van der Waals surface area contributed by atoms with E-state index in [1.165, 1.54) is 7.11 Å². The van der Waals surface area contributed by atoms with Crippen molar-refractivity contribution in [2.24, 2.45) is 0 Å². The van der Waals surface area contributed by atoms with E-state index < -0.39 is 5.97 Å². The van der Waals surface area contributed by atoms with Crippen molar-refractivity contribution in [3.63, 3.8) is 0 Å². The first kappa shape index (κ1) is 11.3. The van der Waals surface area contributed by atoms with Crippen molar-refractivity contribution < 1.29 is 9.53 Å². The molecule has 17 heavy (non-hydrogen) atoms. The molecule has 6 nitrogen and oxygen atoms in total. The molecule has 0 aliphatic heterocycles. The number of rotatable bonds is 3. The Bertz CT molecular complexity index is 522. The summed E-state index contributed by atoms with van der Waals surface area (Å²) in [6.45, 7) is 1.96. The van der Waals surface area contributed by atoms with E-state index >= 15 is 0 Å². The summed E-state index contributed by atoms with van der Waals surface area (Å²) in [5.41, 5.74) is 1.03. The first-order valence-electron chi connectivity index (χ1n) is 5.19. The highest BCUT2D eigenvalue weighted by molar-refractivity contribution is 5.87. The molecule has 0 spiro atoms. The SMILES string of the molecule is CCc1cc(C(=O)OC)nc(-n2ccnc2)n1. The van der Waals surface area contributed by atoms with Gasteiger partial charge >= 0.3 is 5.97 Å². The van der Waals surface area contributed by atoms with Crippen LogP contribution in [-0.2, 0) is 11.2 Å². The molecule has 0 saturated heterocycles. The number of hydrogen-bond acceptors (Lipinski definition) is 5. The minimum atomic E-state index is -0.469. The zero-order chi connectivity index (χ0) is 12.3. The number of esters is 1. The van der Waals surface area contributed by atoms with Gasteiger partial charge in [0.05, 0.1) is 7.11 Å². The third kappa shape index (κ3) is 2.30. The fraction of sp³-hybridized carbons (Fsp3) is 0.273. The summed E-state index contributed by atoms with van der Waals surface area (Å²) in [7, 11) is 1.33. The molecule has 0 bridgehead atoms. The van der Waals surface area contributed by atoms with Gasteiger partial charge in [0.2, 0.25) is 5.95 Å². The van der Waals surface area contributed by atoms with Crippen molar-refractivity contribution in [1.29, 1.82) is 0 Å². The fourth-order valence-corrected chi connectivity index (χ4v) is 1.37. The zero-order valence-electron chi connectivity index (χ0n) is 9.62. The second-order valence-electron chi connectivity index (χ2n) is 3.36. The van der Waals surface area contributed by atoms with E-state index in [-0.39, 0.29) is 5.69 Å². The standard InChI is InChI=1S/C11H12N4O2/c1-3-8-6-9(10(16)17-2)14-11(13-8)15-5-4-12-7-15/h4-7H,3H2,1-2H3. The Balaban J connectivity index is 2.49. The molecule has 0 aliphatic carbocycles. The van der Waals surface area contributed by atoms with Gasteiger partial charge in [-0.3, -0.25) is 4.57 Å². The van der Waals surface area contributed by atoms with Crippen molar-refractivity contribution in [3.8, 4) is 5.95 Å². The van der Waals surface area contributed by atoms with E-state index in [0.717, 1.165) is 5.69 Å². The van der Waals surface area contributed by atoms with Gasteiger partial charge in [0, 0.05) is 18.1 Å². The number of ether oxygens (including phenoxy) is 1. The number of aryl methyl sites for hydroxylation is 1. The normalized spacial score (nSPS) is 10.2. The van der Waals surface area contributed by atoms with E-state index in [0.29, 0.717) is 12.4 Å². The fourth-order valence-electron chi connectivity index (χ4n) is 1.37. The molecule has 2 heterocycles. The number of methoxy groups -OCH3 is 1. The maximum Gasteiger partial charge on any atom is 0.356 e. The summed E-state index contributed by atoms with van der Waals surface area (Å²) in [6.07, 6.45) is 5.64. The Morgan fingerprint density at radius 2 is 2.29 bits per heavy atom. The third-order valence-corrected chi connectivity index (χ3v) is 2.26. The molecule has 0 radical (unpaired) electrons. The predicted octanol–water partition coefficient (Wildman–Crippen LogP) is 1.01. The summed E-state index contributed by atoms with van der Waals surface area (Å²) >= 11 is 0. The molecular weight excluding hydrogens is 220 g/mol. The molecule has 2 rings (SSSR count). The summed E-state index contributed by atoms with van der Waals surface area (Å²) in [5, 5.41) is 0. The van der Waals surface area contributed by atoms with E-state index in [1.54, 1.807) is 29.4 Å². The van der Waals surface area contributed by atoms with E-state index in [4.69, 9.17) is 0 Å². The van der Waals surface area contributed by atoms with Gasteiger partial charge in [-0.25, -0.2) is 19.7 Å². The molecule has 0 N–H and O–H groups in total. The van der Waals surface area contributed by atoms with Gasteiger partial charge < -0.3 is 4.74 Å². The number of carbonyl (C=O) groups excluding carboxylic acids is 1. The molecular formula is C11H12N4O2. The van der Waals surface area contributed by atoms with Crippen LogP contribution in [-0.4, -0.2) is 32.6 Å². The van der Waals surface area contributed by atoms with Crippen molar-refractivity contribution in [1.82, 2.24) is 19.5 Å². The second kappa shape index (κ2) is 4.73. The number of carbonyl (C=O) groups is 1. The molecule has 0 aliphatic rings. The number of hydrogen-bond donors (Lipinski definition) is 0. The molecule has 0 aromatic carbocycles. The smallest absolute Gasteiger partial charge is 0.356 e. The molecule has 0 unspecified atom stereocenters. The van der Waals surface area contributed by atoms with Crippen LogP contribution in [0.25, 0.3) is 5.95 Å². The summed E-state index contributed by atoms with van der Waals surface area (Å²) in [6, 6.07) is 1.63. The lowest BCUT2D eigenvalue weighted by atomic mass is 10.3. The van der Waals surface area contributed by atoms with E-state index in [2.05, 4.69) is 19.7 Å². The largest absolute Gasteiger partial charge is 0.464 e. The van der Waals surface area contributed by atoms with Crippen LogP contribution >= 0.6 is 0 Å². The highest BCUT2D eigenvalue weighted by atomic mass is 16.5. The molecule has 0 fully saturated rings. The molecule has 88 valence electrons. The van der Waals surface area contributed by atoms with Gasteiger partial charge in [-0.15, -0.1) is 0 Å². The molecule has 0 atom stereocenters. The quantitative estimate of drug-likeness (QED) is 0.739. The van der Waals surface area contributed by atoms with Gasteiger partial charge in [0.25, 0.3) is 0 Å². The van der Waals surface area contributed by atoms with E-state index in [1.807, 2.05) is 6.92 Å². The van der Waals surface area contributed by atoms with E-state index in [9.17, 15) is 4.79 Å². The minimum absolute atomic E-state index is 0.253. The van der Waals surface area contributed by atoms with Gasteiger partial charge in [0.15, 0.2) is 5.69 Å². The first-order valence-corrected chi connectivity index (χ1v) is 5.19. The van der Waals surface area contributed by atoms with Crippen LogP contribution < -0.4 is 0 Å². The maximum absolute atomic E-state index is 11.5. The van der Waals surface area contributed by atoms with Gasteiger partial charge in [-0.2, -0.15) is 0 Å². The van der Waals surface area contributed by atoms with Crippen molar-refractivity contribution in [2.45, 2.75) is 13.3 Å². The zero-order valence-corrected chi connectivity index (χ0v) is 9.62. The van der Waals surface area contributed by atoms with Crippen molar-refractivity contribution >= 4 is 5.97 Å². The average molecular weight is 232 g/mol. The Hall–Kier alpha value is -2.24. The molecule has 0 saturated carbocycles. The number of aromatic nitrogens is 4. The minimum Gasteiger partial charge on any atom is -0.464 e. The van der Waals surface area contributed by atoms with Crippen LogP contribution in [0.5, 0.6) is 0 Å². The summed E-state index contributed by atoms with van der Waals surface area (Å²) in [4.78, 5) is 23.8. The Morgan fingerprint density at radius 1 is 1.47 bits per heavy atom. The molecule has 6 heteroatoms. The lowest BCUT2D eigenvalue weighted by Crippen LogP contribution is -2.10. The Kier molecular flexibility index (Phi) is 3.13. The lowest BCUT2D eigenvalue weighted by Gasteiger charge is -2.05. The highest BCUT2D eigenvalue weighted by Gasteiger charge is 2.12. The highest BCUT2D eigenvalue weighted by Crippen LogP contribution is 2.07. The monoisotopic (exact) mass is 232 g/mol. The molecule has 0 amide bonds. The second-order valence-corrected chi connectivity index (χ2v) is 3.36. The van der Waals surface area contributed by atoms with Gasteiger partial charge in [0.1, 0.15) is 6.33 Å².